The van der Waals surface area contributed by atoms with E-state index in [4.69, 9.17) is 4.74 Å². The molecule has 1 saturated heterocycles. The molecule has 2 aromatic rings. The minimum absolute atomic E-state index is 0.167. The number of carbonyl (C=O) groups is 1. The minimum atomic E-state index is 0.167. The van der Waals surface area contributed by atoms with E-state index in [1.165, 1.54) is 37.9 Å². The summed E-state index contributed by atoms with van der Waals surface area (Å²) in [5.74, 6) is 1.91. The summed E-state index contributed by atoms with van der Waals surface area (Å²) in [6, 6.07) is 16.9. The number of ether oxygens (including phenoxy) is 1. The van der Waals surface area contributed by atoms with E-state index in [9.17, 15) is 4.79 Å². The molecule has 31 heavy (non-hydrogen) atoms. The van der Waals surface area contributed by atoms with Crippen LogP contribution in [-0.4, -0.2) is 43.6 Å². The number of piperidine rings is 1. The van der Waals surface area contributed by atoms with Gasteiger partial charge in [-0.2, -0.15) is 0 Å². The van der Waals surface area contributed by atoms with Gasteiger partial charge in [-0.25, -0.2) is 0 Å². The van der Waals surface area contributed by atoms with Gasteiger partial charge in [0.05, 0.1) is 12.3 Å². The average Bonchev–Trinajstić information content (AvgIpc) is 2.80. The van der Waals surface area contributed by atoms with Crippen LogP contribution >= 0.6 is 0 Å². The highest BCUT2D eigenvalue weighted by Crippen LogP contribution is 2.34. The molecule has 4 heteroatoms. The van der Waals surface area contributed by atoms with Gasteiger partial charge in [-0.1, -0.05) is 42.5 Å². The Balaban J connectivity index is 1.21. The van der Waals surface area contributed by atoms with Crippen LogP contribution < -0.4 is 9.64 Å². The molecule has 0 aromatic heterocycles. The van der Waals surface area contributed by atoms with E-state index in [0.29, 0.717) is 13.0 Å². The first-order chi connectivity index (χ1) is 15.2. The maximum absolute atomic E-state index is 12.3. The van der Waals surface area contributed by atoms with Crippen molar-refractivity contribution in [3.8, 4) is 5.75 Å². The van der Waals surface area contributed by atoms with Gasteiger partial charge in [-0.05, 0) is 68.8 Å². The number of nitrogens with zero attached hydrogens (tertiary/aromatic N) is 2. The molecule has 0 aliphatic carbocycles. The third-order valence-corrected chi connectivity index (χ3v) is 6.55. The Morgan fingerprint density at radius 3 is 2.61 bits per heavy atom. The van der Waals surface area contributed by atoms with Crippen molar-refractivity contribution in [3.63, 3.8) is 0 Å². The topological polar surface area (TPSA) is 32.8 Å². The molecule has 2 aliphatic heterocycles. The summed E-state index contributed by atoms with van der Waals surface area (Å²) in [6.07, 6.45) is 7.89. The summed E-state index contributed by atoms with van der Waals surface area (Å²) in [5.41, 5.74) is 3.61. The molecule has 0 atom stereocenters. The molecule has 164 valence electrons. The number of hydrogen-bond donors (Lipinski definition) is 0. The first kappa shape index (κ1) is 21.6. The molecule has 2 aliphatic rings. The van der Waals surface area contributed by atoms with E-state index in [2.05, 4.69) is 41.8 Å². The molecule has 0 spiro atoms. The fourth-order valence-corrected chi connectivity index (χ4v) is 4.86. The number of amides is 1. The third-order valence-electron chi connectivity index (χ3n) is 6.55. The summed E-state index contributed by atoms with van der Waals surface area (Å²) in [4.78, 5) is 16.6. The van der Waals surface area contributed by atoms with Gasteiger partial charge in [0, 0.05) is 25.1 Å². The standard InChI is InChI=1S/C27H34N2O2/c1-2-16-29-25-10-6-11-26(24(25)12-13-27(29)30)31-20-7-17-28-18-14-23(15-19-28)21-22-8-4-3-5-9-22/h2-6,8-11,23H,1,7,12-21H2. The van der Waals surface area contributed by atoms with E-state index in [-0.39, 0.29) is 5.91 Å². The van der Waals surface area contributed by atoms with Crippen molar-refractivity contribution in [3.05, 3.63) is 72.3 Å². The fourth-order valence-electron chi connectivity index (χ4n) is 4.86. The lowest BCUT2D eigenvalue weighted by Crippen LogP contribution is -2.36. The number of carbonyl (C=O) groups excluding carboxylic acids is 1. The van der Waals surface area contributed by atoms with Gasteiger partial charge in [0.1, 0.15) is 5.75 Å². The zero-order valence-electron chi connectivity index (χ0n) is 18.5. The van der Waals surface area contributed by atoms with Crippen molar-refractivity contribution in [2.45, 2.75) is 38.5 Å². The Bertz CT molecular complexity index is 872. The summed E-state index contributed by atoms with van der Waals surface area (Å²) in [7, 11) is 0. The number of fused-ring (bicyclic) bond motifs is 1. The lowest BCUT2D eigenvalue weighted by molar-refractivity contribution is -0.118. The van der Waals surface area contributed by atoms with Gasteiger partial charge in [0.2, 0.25) is 5.91 Å². The Kier molecular flexibility index (Phi) is 7.42. The third kappa shape index (κ3) is 5.56. The van der Waals surface area contributed by atoms with Gasteiger partial charge in [0.15, 0.2) is 0 Å². The predicted octanol–water partition coefficient (Wildman–Crippen LogP) is 4.88. The van der Waals surface area contributed by atoms with Gasteiger partial charge >= 0.3 is 0 Å². The molecule has 0 radical (unpaired) electrons. The van der Waals surface area contributed by atoms with Gasteiger partial charge in [-0.15, -0.1) is 6.58 Å². The second kappa shape index (κ2) is 10.6. The molecule has 4 nitrogen and oxygen atoms in total. The molecule has 0 saturated carbocycles. The number of likely N-dealkylation sites (tertiary alicyclic amines) is 1. The number of hydrogen-bond acceptors (Lipinski definition) is 3. The molecule has 4 rings (SSSR count). The summed E-state index contributed by atoms with van der Waals surface area (Å²) in [5, 5.41) is 0. The largest absolute Gasteiger partial charge is 0.493 e. The highest BCUT2D eigenvalue weighted by molar-refractivity contribution is 5.97. The normalized spacial score (nSPS) is 17.4. The first-order valence-electron chi connectivity index (χ1n) is 11.7. The molecule has 2 aromatic carbocycles. The predicted molar refractivity (Wildman–Crippen MR) is 127 cm³/mol. The second-order valence-corrected chi connectivity index (χ2v) is 8.72. The van der Waals surface area contributed by atoms with Crippen molar-refractivity contribution < 1.29 is 9.53 Å². The summed E-state index contributed by atoms with van der Waals surface area (Å²) >= 11 is 0. The smallest absolute Gasteiger partial charge is 0.227 e. The van der Waals surface area contributed by atoms with E-state index < -0.39 is 0 Å². The van der Waals surface area contributed by atoms with Gasteiger partial charge < -0.3 is 14.5 Å². The number of rotatable bonds is 9. The van der Waals surface area contributed by atoms with E-state index in [0.717, 1.165) is 48.9 Å². The van der Waals surface area contributed by atoms with Crippen molar-refractivity contribution >= 4 is 11.6 Å². The zero-order chi connectivity index (χ0) is 21.5. The molecular formula is C27H34N2O2. The van der Waals surface area contributed by atoms with Gasteiger partial charge in [0.25, 0.3) is 0 Å². The van der Waals surface area contributed by atoms with E-state index in [1.54, 1.807) is 6.08 Å². The highest BCUT2D eigenvalue weighted by Gasteiger charge is 2.25. The highest BCUT2D eigenvalue weighted by atomic mass is 16.5. The Hall–Kier alpha value is -2.59. The molecule has 0 bridgehead atoms. The van der Waals surface area contributed by atoms with Crippen LogP contribution in [0, 0.1) is 5.92 Å². The van der Waals surface area contributed by atoms with Gasteiger partial charge in [-0.3, -0.25) is 4.79 Å². The van der Waals surface area contributed by atoms with Crippen LogP contribution in [0.1, 0.15) is 36.8 Å². The molecule has 0 N–H and O–H groups in total. The summed E-state index contributed by atoms with van der Waals surface area (Å²) < 4.78 is 6.17. The second-order valence-electron chi connectivity index (χ2n) is 8.72. The van der Waals surface area contributed by atoms with Crippen molar-refractivity contribution in [1.82, 2.24) is 4.90 Å². The zero-order valence-corrected chi connectivity index (χ0v) is 18.5. The van der Waals surface area contributed by atoms with Crippen LogP contribution in [0.3, 0.4) is 0 Å². The molecule has 2 heterocycles. The maximum Gasteiger partial charge on any atom is 0.227 e. The molecule has 1 fully saturated rings. The monoisotopic (exact) mass is 418 g/mol. The molecular weight excluding hydrogens is 384 g/mol. The fraction of sp³-hybridized carbons (Fsp3) is 0.444. The van der Waals surface area contributed by atoms with Crippen LogP contribution in [0.4, 0.5) is 5.69 Å². The van der Waals surface area contributed by atoms with Crippen LogP contribution in [-0.2, 0) is 17.6 Å². The maximum atomic E-state index is 12.3. The van der Waals surface area contributed by atoms with Crippen LogP contribution in [0.2, 0.25) is 0 Å². The SMILES string of the molecule is C=CCN1C(=O)CCc2c(OCCCN3CCC(Cc4ccccc4)CC3)cccc21. The lowest BCUT2D eigenvalue weighted by Gasteiger charge is -2.32. The quantitative estimate of drug-likeness (QED) is 0.430. The summed E-state index contributed by atoms with van der Waals surface area (Å²) in [6.45, 7) is 8.53. The number of benzene rings is 2. The van der Waals surface area contributed by atoms with Crippen molar-refractivity contribution in [1.29, 1.82) is 0 Å². The van der Waals surface area contributed by atoms with Crippen molar-refractivity contribution in [2.24, 2.45) is 5.92 Å². The molecule has 1 amide bonds. The Labute approximate surface area is 186 Å². The van der Waals surface area contributed by atoms with Crippen LogP contribution in [0.25, 0.3) is 0 Å². The Morgan fingerprint density at radius 1 is 1.03 bits per heavy atom. The van der Waals surface area contributed by atoms with Crippen LogP contribution in [0.15, 0.2) is 61.2 Å². The first-order valence-corrected chi connectivity index (χ1v) is 11.7. The lowest BCUT2D eigenvalue weighted by atomic mass is 9.90. The van der Waals surface area contributed by atoms with E-state index in [1.807, 2.05) is 23.1 Å². The minimum Gasteiger partial charge on any atom is -0.493 e. The van der Waals surface area contributed by atoms with Crippen molar-refractivity contribution in [2.75, 3.05) is 37.7 Å². The Morgan fingerprint density at radius 2 is 1.84 bits per heavy atom. The van der Waals surface area contributed by atoms with Crippen LogP contribution in [0.5, 0.6) is 5.75 Å². The van der Waals surface area contributed by atoms with E-state index >= 15 is 0 Å². The average molecular weight is 419 g/mol. The number of anilines is 1. The molecule has 0 unspecified atom stereocenters.